The second kappa shape index (κ2) is 7.37. The van der Waals surface area contributed by atoms with Gasteiger partial charge in [0.25, 0.3) is 0 Å². The minimum Gasteiger partial charge on any atom is -0.593 e. The molecule has 2 aromatic carbocycles. The molecule has 1 heterocycles. The molecule has 1 fully saturated rings. The highest BCUT2D eigenvalue weighted by atomic mass is 32.2. The van der Waals surface area contributed by atoms with Crippen molar-refractivity contribution in [1.29, 1.82) is 0 Å². The SMILES string of the molecule is O=C(c1cccc([S+]([O-])N2CCC(O)CC2)c1)C1C=Cc2ccccc21. The van der Waals surface area contributed by atoms with Gasteiger partial charge in [0.2, 0.25) is 0 Å². The Morgan fingerprint density at radius 3 is 2.69 bits per heavy atom. The van der Waals surface area contributed by atoms with Gasteiger partial charge in [-0.1, -0.05) is 48.6 Å². The van der Waals surface area contributed by atoms with Gasteiger partial charge in [-0.05, 0) is 30.0 Å². The lowest BCUT2D eigenvalue weighted by Crippen LogP contribution is -2.40. The van der Waals surface area contributed by atoms with Crippen molar-refractivity contribution in [3.05, 3.63) is 71.3 Å². The van der Waals surface area contributed by atoms with Gasteiger partial charge in [0, 0.05) is 24.7 Å². The van der Waals surface area contributed by atoms with Crippen molar-refractivity contribution >= 4 is 23.2 Å². The Balaban J connectivity index is 1.54. The van der Waals surface area contributed by atoms with Crippen LogP contribution in [-0.2, 0) is 11.4 Å². The Labute approximate surface area is 156 Å². The first-order valence-electron chi connectivity index (χ1n) is 8.90. The van der Waals surface area contributed by atoms with Crippen molar-refractivity contribution in [1.82, 2.24) is 4.31 Å². The van der Waals surface area contributed by atoms with E-state index in [0.29, 0.717) is 36.4 Å². The van der Waals surface area contributed by atoms with Crippen LogP contribution < -0.4 is 0 Å². The molecule has 0 bridgehead atoms. The first kappa shape index (κ1) is 17.5. The zero-order chi connectivity index (χ0) is 18.1. The fraction of sp³-hybridized carbons (Fsp3) is 0.286. The number of benzene rings is 2. The van der Waals surface area contributed by atoms with Gasteiger partial charge < -0.3 is 9.66 Å². The highest BCUT2D eigenvalue weighted by molar-refractivity contribution is 7.89. The molecule has 1 aliphatic carbocycles. The lowest BCUT2D eigenvalue weighted by atomic mass is 9.92. The first-order valence-corrected chi connectivity index (χ1v) is 10.0. The van der Waals surface area contributed by atoms with Crippen LogP contribution in [0.2, 0.25) is 0 Å². The summed E-state index contributed by atoms with van der Waals surface area (Å²) in [4.78, 5) is 13.6. The van der Waals surface area contributed by atoms with E-state index in [2.05, 4.69) is 0 Å². The molecule has 0 amide bonds. The quantitative estimate of drug-likeness (QED) is 0.666. The number of ketones is 1. The van der Waals surface area contributed by atoms with Crippen LogP contribution in [0.3, 0.4) is 0 Å². The molecule has 2 aromatic rings. The van der Waals surface area contributed by atoms with E-state index < -0.39 is 11.4 Å². The highest BCUT2D eigenvalue weighted by Crippen LogP contribution is 2.33. The average Bonchev–Trinajstić information content (AvgIpc) is 3.12. The van der Waals surface area contributed by atoms with Gasteiger partial charge >= 0.3 is 0 Å². The summed E-state index contributed by atoms with van der Waals surface area (Å²) in [6.07, 6.45) is 4.88. The van der Waals surface area contributed by atoms with Crippen molar-refractivity contribution in [3.8, 4) is 0 Å². The second-order valence-electron chi connectivity index (χ2n) is 6.77. The normalized spacial score (nSPS) is 21.5. The number of hydrogen-bond donors (Lipinski definition) is 1. The van der Waals surface area contributed by atoms with E-state index in [0.717, 1.165) is 11.1 Å². The Hall–Kier alpha value is -1.92. The molecule has 2 atom stereocenters. The summed E-state index contributed by atoms with van der Waals surface area (Å²) in [5.74, 6) is -0.251. The molecule has 134 valence electrons. The van der Waals surface area contributed by atoms with Crippen LogP contribution in [0.5, 0.6) is 0 Å². The van der Waals surface area contributed by atoms with Crippen LogP contribution >= 0.6 is 0 Å². The zero-order valence-corrected chi connectivity index (χ0v) is 15.2. The largest absolute Gasteiger partial charge is 0.593 e. The third kappa shape index (κ3) is 3.35. The van der Waals surface area contributed by atoms with Crippen LogP contribution in [0, 0.1) is 0 Å². The Bertz CT molecular complexity index is 843. The molecule has 0 spiro atoms. The number of carbonyl (C=O) groups excluding carboxylic acids is 1. The van der Waals surface area contributed by atoms with E-state index >= 15 is 0 Å². The van der Waals surface area contributed by atoms with Crippen LogP contribution in [0.4, 0.5) is 0 Å². The lowest BCUT2D eigenvalue weighted by Gasteiger charge is -2.29. The molecular formula is C21H21NO3S. The molecule has 2 aliphatic rings. The number of fused-ring (bicyclic) bond motifs is 1. The van der Waals surface area contributed by atoms with Crippen LogP contribution in [0.15, 0.2) is 59.5 Å². The van der Waals surface area contributed by atoms with Gasteiger partial charge in [-0.25, -0.2) is 0 Å². The highest BCUT2D eigenvalue weighted by Gasteiger charge is 2.29. The molecule has 2 unspecified atom stereocenters. The van der Waals surface area contributed by atoms with Gasteiger partial charge in [0.15, 0.2) is 10.7 Å². The average molecular weight is 367 g/mol. The maximum Gasteiger partial charge on any atom is 0.174 e. The summed E-state index contributed by atoms with van der Waals surface area (Å²) < 4.78 is 14.7. The summed E-state index contributed by atoms with van der Waals surface area (Å²) in [7, 11) is 0. The summed E-state index contributed by atoms with van der Waals surface area (Å²) >= 11 is -1.31. The standard InChI is InChI=1S/C21H21NO3S/c23-17-10-12-22(13-11-17)26(25)18-6-3-5-16(14-18)21(24)20-9-8-15-4-1-2-7-19(15)20/h1-9,14,17,20,23H,10-13H2. The number of piperidine rings is 1. The van der Waals surface area contributed by atoms with Crippen molar-refractivity contribution in [2.75, 3.05) is 13.1 Å². The predicted molar refractivity (Wildman–Crippen MR) is 102 cm³/mol. The second-order valence-corrected chi connectivity index (χ2v) is 8.25. The Morgan fingerprint density at radius 1 is 1.12 bits per heavy atom. The smallest absolute Gasteiger partial charge is 0.174 e. The minimum absolute atomic E-state index is 0.0270. The lowest BCUT2D eigenvalue weighted by molar-refractivity contribution is 0.0977. The molecule has 1 N–H and O–H groups in total. The number of Topliss-reactive ketones (excluding diaryl/α,β-unsaturated/α-hetero) is 1. The van der Waals surface area contributed by atoms with Crippen molar-refractivity contribution in [2.45, 2.75) is 29.8 Å². The monoisotopic (exact) mass is 367 g/mol. The fourth-order valence-corrected chi connectivity index (χ4v) is 4.84. The third-order valence-electron chi connectivity index (χ3n) is 5.06. The van der Waals surface area contributed by atoms with Gasteiger partial charge in [-0.2, -0.15) is 0 Å². The number of allylic oxidation sites excluding steroid dienone is 1. The number of carbonyl (C=O) groups is 1. The van der Waals surface area contributed by atoms with Crippen LogP contribution in [-0.4, -0.2) is 38.9 Å². The molecular weight excluding hydrogens is 346 g/mol. The molecule has 5 heteroatoms. The van der Waals surface area contributed by atoms with Crippen molar-refractivity contribution in [3.63, 3.8) is 0 Å². The van der Waals surface area contributed by atoms with E-state index in [1.807, 2.05) is 40.7 Å². The number of aliphatic hydroxyl groups excluding tert-OH is 1. The number of hydrogen-bond acceptors (Lipinski definition) is 4. The van der Waals surface area contributed by atoms with Gasteiger partial charge in [0.05, 0.1) is 23.4 Å². The maximum atomic E-state index is 13.0. The summed E-state index contributed by atoms with van der Waals surface area (Å²) in [5.41, 5.74) is 2.69. The number of nitrogens with zero attached hydrogens (tertiary/aromatic N) is 1. The molecule has 1 saturated heterocycles. The summed E-state index contributed by atoms with van der Waals surface area (Å²) in [6.45, 7) is 1.20. The fourth-order valence-electron chi connectivity index (χ4n) is 3.57. The van der Waals surface area contributed by atoms with Gasteiger partial charge in [0.1, 0.15) is 0 Å². The minimum atomic E-state index is -1.31. The third-order valence-corrected chi connectivity index (χ3v) is 6.55. The van der Waals surface area contributed by atoms with E-state index in [4.69, 9.17) is 0 Å². The maximum absolute atomic E-state index is 13.0. The van der Waals surface area contributed by atoms with E-state index in [1.54, 1.807) is 24.3 Å². The Morgan fingerprint density at radius 2 is 1.88 bits per heavy atom. The van der Waals surface area contributed by atoms with Crippen LogP contribution in [0.1, 0.15) is 40.2 Å². The van der Waals surface area contributed by atoms with Gasteiger partial charge in [-0.15, -0.1) is 4.31 Å². The molecule has 26 heavy (non-hydrogen) atoms. The van der Waals surface area contributed by atoms with Crippen molar-refractivity contribution < 1.29 is 14.5 Å². The summed E-state index contributed by atoms with van der Waals surface area (Å²) in [6, 6.07) is 15.0. The van der Waals surface area contributed by atoms with E-state index in [9.17, 15) is 14.5 Å². The molecule has 0 aromatic heterocycles. The van der Waals surface area contributed by atoms with Crippen molar-refractivity contribution in [2.24, 2.45) is 0 Å². The molecule has 1 aliphatic heterocycles. The summed E-state index contributed by atoms with van der Waals surface area (Å²) in [5, 5.41) is 9.62. The van der Waals surface area contributed by atoms with Gasteiger partial charge in [-0.3, -0.25) is 4.79 Å². The molecule has 0 radical (unpaired) electrons. The molecule has 4 nitrogen and oxygen atoms in total. The molecule has 0 saturated carbocycles. The van der Waals surface area contributed by atoms with E-state index in [-0.39, 0.29) is 17.8 Å². The number of rotatable bonds is 4. The molecule has 4 rings (SSSR count). The topological polar surface area (TPSA) is 63.6 Å². The van der Waals surface area contributed by atoms with Crippen LogP contribution in [0.25, 0.3) is 6.08 Å². The number of aliphatic hydroxyl groups is 1. The first-order chi connectivity index (χ1) is 12.6. The predicted octanol–water partition coefficient (Wildman–Crippen LogP) is 3.16. The van der Waals surface area contributed by atoms with E-state index in [1.165, 1.54) is 0 Å². The zero-order valence-electron chi connectivity index (χ0n) is 14.4. The Kier molecular flexibility index (Phi) is 4.96.